The van der Waals surface area contributed by atoms with E-state index < -0.39 is 5.97 Å². The van der Waals surface area contributed by atoms with E-state index in [1.54, 1.807) is 24.3 Å². The van der Waals surface area contributed by atoms with Crippen LogP contribution in [0.25, 0.3) is 0 Å². The van der Waals surface area contributed by atoms with Crippen molar-refractivity contribution in [1.82, 2.24) is 0 Å². The van der Waals surface area contributed by atoms with Gasteiger partial charge in [-0.3, -0.25) is 4.79 Å². The first kappa shape index (κ1) is 17.0. The Hall–Kier alpha value is -2.86. The molecule has 0 atom stereocenters. The van der Waals surface area contributed by atoms with E-state index in [1.807, 2.05) is 24.3 Å². The molecule has 1 aliphatic heterocycles. The molecule has 0 unspecified atom stereocenters. The summed E-state index contributed by atoms with van der Waals surface area (Å²) in [6, 6.07) is 14.1. The molecule has 1 aliphatic rings. The Labute approximate surface area is 146 Å². The number of amides is 1. The Morgan fingerprint density at radius 1 is 0.960 bits per heavy atom. The van der Waals surface area contributed by atoms with Crippen LogP contribution in [0.5, 0.6) is 0 Å². The largest absolute Gasteiger partial charge is 0.465 e. The minimum Gasteiger partial charge on any atom is -0.465 e. The number of carbonyl (C=O) groups excluding carboxylic acids is 2. The smallest absolute Gasteiger partial charge is 0.337 e. The van der Waals surface area contributed by atoms with Gasteiger partial charge in [-0.15, -0.1) is 0 Å². The minimum atomic E-state index is -0.425. The lowest BCUT2D eigenvalue weighted by atomic mass is 10.1. The molecule has 0 bridgehead atoms. The maximum Gasteiger partial charge on any atom is 0.337 e. The van der Waals surface area contributed by atoms with Gasteiger partial charge in [0.2, 0.25) is 0 Å². The zero-order valence-electron chi connectivity index (χ0n) is 14.0. The molecule has 1 amide bonds. The van der Waals surface area contributed by atoms with Crippen molar-refractivity contribution in [2.75, 3.05) is 43.6 Å². The van der Waals surface area contributed by atoms with Gasteiger partial charge in [-0.05, 0) is 48.5 Å². The fourth-order valence-corrected chi connectivity index (χ4v) is 2.66. The van der Waals surface area contributed by atoms with Crippen molar-refractivity contribution < 1.29 is 19.1 Å². The molecule has 1 saturated heterocycles. The van der Waals surface area contributed by atoms with E-state index in [-0.39, 0.29) is 5.91 Å². The standard InChI is InChI=1S/C19H20N2O4/c1-24-19(23)15-4-2-14(3-5-15)18(22)20-16-6-8-17(9-7-16)21-10-12-25-13-11-21/h2-9H,10-13H2,1H3,(H,20,22). The summed E-state index contributed by atoms with van der Waals surface area (Å²) in [6.45, 7) is 3.22. The van der Waals surface area contributed by atoms with Crippen molar-refractivity contribution in [1.29, 1.82) is 0 Å². The maximum absolute atomic E-state index is 12.3. The number of morpholine rings is 1. The van der Waals surface area contributed by atoms with Crippen LogP contribution < -0.4 is 10.2 Å². The van der Waals surface area contributed by atoms with Crippen LogP contribution in [0.15, 0.2) is 48.5 Å². The van der Waals surface area contributed by atoms with Crippen LogP contribution in [0.2, 0.25) is 0 Å². The number of rotatable bonds is 4. The Kier molecular flexibility index (Phi) is 5.30. The molecular formula is C19H20N2O4. The number of anilines is 2. The summed E-state index contributed by atoms with van der Waals surface area (Å²) in [5.74, 6) is -0.652. The molecule has 0 aliphatic carbocycles. The Bertz CT molecular complexity index is 735. The lowest BCUT2D eigenvalue weighted by Gasteiger charge is -2.28. The second-order valence-electron chi connectivity index (χ2n) is 5.67. The van der Waals surface area contributed by atoms with Crippen molar-refractivity contribution >= 4 is 23.3 Å². The summed E-state index contributed by atoms with van der Waals surface area (Å²) in [7, 11) is 1.32. The number of ether oxygens (including phenoxy) is 2. The fourth-order valence-electron chi connectivity index (χ4n) is 2.66. The van der Waals surface area contributed by atoms with Crippen LogP contribution in [-0.4, -0.2) is 45.3 Å². The first-order valence-electron chi connectivity index (χ1n) is 8.10. The highest BCUT2D eigenvalue weighted by atomic mass is 16.5. The lowest BCUT2D eigenvalue weighted by Crippen LogP contribution is -2.36. The van der Waals surface area contributed by atoms with Crippen LogP contribution in [0.3, 0.4) is 0 Å². The molecule has 6 nitrogen and oxygen atoms in total. The first-order chi connectivity index (χ1) is 12.2. The van der Waals surface area contributed by atoms with Gasteiger partial charge < -0.3 is 19.7 Å². The van der Waals surface area contributed by atoms with E-state index in [1.165, 1.54) is 7.11 Å². The molecule has 0 spiro atoms. The summed E-state index contributed by atoms with van der Waals surface area (Å²) in [4.78, 5) is 26.0. The van der Waals surface area contributed by atoms with Gasteiger partial charge in [-0.25, -0.2) is 4.79 Å². The van der Waals surface area contributed by atoms with E-state index in [4.69, 9.17) is 4.74 Å². The molecule has 1 N–H and O–H groups in total. The molecule has 6 heteroatoms. The average molecular weight is 340 g/mol. The van der Waals surface area contributed by atoms with Crippen LogP contribution in [0, 0.1) is 0 Å². The third-order valence-electron chi connectivity index (χ3n) is 4.07. The van der Waals surface area contributed by atoms with Gasteiger partial charge in [0.05, 0.1) is 25.9 Å². The number of carbonyl (C=O) groups is 2. The van der Waals surface area contributed by atoms with Crippen molar-refractivity contribution in [3.8, 4) is 0 Å². The summed E-state index contributed by atoms with van der Waals surface area (Å²) in [5, 5.41) is 2.85. The monoisotopic (exact) mass is 340 g/mol. The van der Waals surface area contributed by atoms with E-state index in [2.05, 4.69) is 15.0 Å². The lowest BCUT2D eigenvalue weighted by molar-refractivity contribution is 0.0600. The van der Waals surface area contributed by atoms with Gasteiger partial charge in [-0.1, -0.05) is 0 Å². The zero-order valence-corrected chi connectivity index (χ0v) is 14.0. The van der Waals surface area contributed by atoms with Crippen molar-refractivity contribution in [2.24, 2.45) is 0 Å². The third kappa shape index (κ3) is 4.16. The van der Waals surface area contributed by atoms with Crippen molar-refractivity contribution in [2.45, 2.75) is 0 Å². The third-order valence-corrected chi connectivity index (χ3v) is 4.07. The van der Waals surface area contributed by atoms with Gasteiger partial charge in [0.1, 0.15) is 0 Å². The second kappa shape index (κ2) is 7.81. The van der Waals surface area contributed by atoms with E-state index in [0.29, 0.717) is 11.1 Å². The Balaban J connectivity index is 1.63. The summed E-state index contributed by atoms with van der Waals surface area (Å²) in [6.07, 6.45) is 0. The quantitative estimate of drug-likeness (QED) is 0.867. The SMILES string of the molecule is COC(=O)c1ccc(C(=O)Nc2ccc(N3CCOCC3)cc2)cc1. The predicted octanol–water partition coefficient (Wildman–Crippen LogP) is 2.56. The highest BCUT2D eigenvalue weighted by Crippen LogP contribution is 2.19. The molecule has 1 heterocycles. The number of nitrogens with one attached hydrogen (secondary N) is 1. The number of hydrogen-bond donors (Lipinski definition) is 1. The number of hydrogen-bond acceptors (Lipinski definition) is 5. The number of methoxy groups -OCH3 is 1. The Morgan fingerprint density at radius 3 is 2.16 bits per heavy atom. The summed E-state index contributed by atoms with van der Waals surface area (Å²) >= 11 is 0. The van der Waals surface area contributed by atoms with Crippen LogP contribution in [0.1, 0.15) is 20.7 Å². The zero-order chi connectivity index (χ0) is 17.6. The average Bonchev–Trinajstić information content (AvgIpc) is 2.68. The van der Waals surface area contributed by atoms with Gasteiger partial charge in [0.15, 0.2) is 0 Å². The summed E-state index contributed by atoms with van der Waals surface area (Å²) < 4.78 is 9.99. The molecule has 130 valence electrons. The summed E-state index contributed by atoms with van der Waals surface area (Å²) in [5.41, 5.74) is 2.72. The number of benzene rings is 2. The molecule has 2 aromatic rings. The molecule has 0 radical (unpaired) electrons. The van der Waals surface area contributed by atoms with E-state index in [9.17, 15) is 9.59 Å². The molecule has 3 rings (SSSR count). The fraction of sp³-hybridized carbons (Fsp3) is 0.263. The maximum atomic E-state index is 12.3. The topological polar surface area (TPSA) is 67.9 Å². The Morgan fingerprint density at radius 2 is 1.56 bits per heavy atom. The van der Waals surface area contributed by atoms with Gasteiger partial charge in [-0.2, -0.15) is 0 Å². The molecule has 1 fully saturated rings. The molecule has 25 heavy (non-hydrogen) atoms. The molecular weight excluding hydrogens is 320 g/mol. The van der Waals surface area contributed by atoms with Crippen molar-refractivity contribution in [3.05, 3.63) is 59.7 Å². The second-order valence-corrected chi connectivity index (χ2v) is 5.67. The number of nitrogens with zero attached hydrogens (tertiary/aromatic N) is 1. The van der Waals surface area contributed by atoms with E-state index >= 15 is 0 Å². The molecule has 0 aromatic heterocycles. The van der Waals surface area contributed by atoms with Gasteiger partial charge in [0.25, 0.3) is 5.91 Å². The van der Waals surface area contributed by atoms with Crippen LogP contribution in [0.4, 0.5) is 11.4 Å². The minimum absolute atomic E-state index is 0.226. The van der Waals surface area contributed by atoms with Gasteiger partial charge >= 0.3 is 5.97 Å². The van der Waals surface area contributed by atoms with Gasteiger partial charge in [0, 0.05) is 30.0 Å². The van der Waals surface area contributed by atoms with Crippen LogP contribution >= 0.6 is 0 Å². The normalized spacial score (nSPS) is 14.0. The highest BCUT2D eigenvalue weighted by Gasteiger charge is 2.12. The van der Waals surface area contributed by atoms with Crippen LogP contribution in [-0.2, 0) is 9.47 Å². The molecule has 2 aromatic carbocycles. The first-order valence-corrected chi connectivity index (χ1v) is 8.10. The van der Waals surface area contributed by atoms with E-state index in [0.717, 1.165) is 37.7 Å². The predicted molar refractivity (Wildman–Crippen MR) is 95.2 cm³/mol. The molecule has 0 saturated carbocycles. The highest BCUT2D eigenvalue weighted by molar-refractivity contribution is 6.04. The number of esters is 1. The van der Waals surface area contributed by atoms with Crippen molar-refractivity contribution in [3.63, 3.8) is 0 Å².